The first-order valence-electron chi connectivity index (χ1n) is 10.4. The van der Waals surface area contributed by atoms with Crippen molar-refractivity contribution in [3.8, 4) is 33.8 Å². The average Bonchev–Trinajstić information content (AvgIpc) is 3.19. The van der Waals surface area contributed by atoms with E-state index < -0.39 is 12.0 Å². The number of rotatable bonds is 5. The van der Waals surface area contributed by atoms with Gasteiger partial charge in [0.15, 0.2) is 0 Å². The molecule has 32 heavy (non-hydrogen) atoms. The summed E-state index contributed by atoms with van der Waals surface area (Å²) in [4.78, 5) is 13.0. The number of phenolic OH excluding ortho intramolecular Hbond substituents is 1. The van der Waals surface area contributed by atoms with Crippen LogP contribution in [-0.4, -0.2) is 36.0 Å². The standard InChI is InChI=1S/C25H25FN2O4/c1-15(29)27-21-10-8-17(14-23(21)32-2)19-6-3-5-18(25(19)31)16-9-11-22(20(26)13-16)28-12-4-7-24(28)30/h3,5-6,8-11,13-14,24,30-31H,4,7,12H2,1-2H3,(H,27,29). The molecule has 6 nitrogen and oxygen atoms in total. The van der Waals surface area contributed by atoms with Gasteiger partial charge in [0.25, 0.3) is 0 Å². The number of aliphatic hydroxyl groups excluding tert-OH is 1. The maximum atomic E-state index is 14.9. The van der Waals surface area contributed by atoms with Crippen molar-refractivity contribution < 1.29 is 24.1 Å². The summed E-state index contributed by atoms with van der Waals surface area (Å²) in [5, 5.41) is 23.8. The zero-order valence-electron chi connectivity index (χ0n) is 17.9. The molecule has 1 fully saturated rings. The van der Waals surface area contributed by atoms with Gasteiger partial charge in [0, 0.05) is 24.6 Å². The third-order valence-electron chi connectivity index (χ3n) is 5.65. The van der Waals surface area contributed by atoms with Crippen molar-refractivity contribution in [1.82, 2.24) is 0 Å². The number of carbonyl (C=O) groups is 1. The lowest BCUT2D eigenvalue weighted by Gasteiger charge is -2.23. The van der Waals surface area contributed by atoms with Crippen molar-refractivity contribution in [1.29, 1.82) is 0 Å². The molecule has 0 aromatic heterocycles. The normalized spacial score (nSPS) is 15.6. The second kappa shape index (κ2) is 8.88. The van der Waals surface area contributed by atoms with Gasteiger partial charge in [-0.2, -0.15) is 0 Å². The lowest BCUT2D eigenvalue weighted by molar-refractivity contribution is -0.114. The molecule has 1 saturated heterocycles. The number of phenols is 1. The predicted molar refractivity (Wildman–Crippen MR) is 122 cm³/mol. The van der Waals surface area contributed by atoms with Crippen LogP contribution in [0.25, 0.3) is 22.3 Å². The summed E-state index contributed by atoms with van der Waals surface area (Å²) in [6.07, 6.45) is 0.756. The van der Waals surface area contributed by atoms with Crippen LogP contribution in [0.2, 0.25) is 0 Å². The van der Waals surface area contributed by atoms with Gasteiger partial charge in [0.1, 0.15) is 23.5 Å². The minimum absolute atomic E-state index is 0.00943. The number of aromatic hydroxyl groups is 1. The zero-order chi connectivity index (χ0) is 22.8. The minimum Gasteiger partial charge on any atom is -0.507 e. The van der Waals surface area contributed by atoms with Crippen molar-refractivity contribution in [2.24, 2.45) is 0 Å². The van der Waals surface area contributed by atoms with Crippen LogP contribution in [0, 0.1) is 5.82 Å². The molecule has 1 atom stereocenters. The van der Waals surface area contributed by atoms with Crippen molar-refractivity contribution >= 4 is 17.3 Å². The summed E-state index contributed by atoms with van der Waals surface area (Å²) in [6.45, 7) is 2.02. The molecule has 0 radical (unpaired) electrons. The van der Waals surface area contributed by atoms with Crippen molar-refractivity contribution in [3.63, 3.8) is 0 Å². The van der Waals surface area contributed by atoms with Gasteiger partial charge in [-0.05, 0) is 48.2 Å². The Bertz CT molecular complexity index is 1160. The molecule has 3 aromatic rings. The van der Waals surface area contributed by atoms with Crippen LogP contribution in [0.5, 0.6) is 11.5 Å². The van der Waals surface area contributed by atoms with E-state index in [-0.39, 0.29) is 11.7 Å². The number of nitrogens with zero attached hydrogens (tertiary/aromatic N) is 1. The number of anilines is 2. The first-order valence-corrected chi connectivity index (χ1v) is 10.4. The van der Waals surface area contributed by atoms with Gasteiger partial charge in [-0.15, -0.1) is 0 Å². The fourth-order valence-electron chi connectivity index (χ4n) is 4.10. The molecule has 3 N–H and O–H groups in total. The number of ether oxygens (including phenoxy) is 1. The van der Waals surface area contributed by atoms with Crippen LogP contribution < -0.4 is 15.0 Å². The van der Waals surface area contributed by atoms with E-state index in [1.807, 2.05) is 0 Å². The van der Waals surface area contributed by atoms with Crippen LogP contribution in [0.3, 0.4) is 0 Å². The van der Waals surface area contributed by atoms with Gasteiger partial charge in [0.05, 0.1) is 18.5 Å². The summed E-state index contributed by atoms with van der Waals surface area (Å²) in [6, 6.07) is 15.2. The average molecular weight is 436 g/mol. The zero-order valence-corrected chi connectivity index (χ0v) is 17.9. The number of para-hydroxylation sites is 1. The fourth-order valence-corrected chi connectivity index (χ4v) is 4.10. The monoisotopic (exact) mass is 436 g/mol. The second-order valence-corrected chi connectivity index (χ2v) is 7.78. The Morgan fingerprint density at radius 2 is 1.81 bits per heavy atom. The van der Waals surface area contributed by atoms with E-state index in [4.69, 9.17) is 4.74 Å². The van der Waals surface area contributed by atoms with E-state index in [0.717, 1.165) is 6.42 Å². The van der Waals surface area contributed by atoms with Crippen LogP contribution in [0.4, 0.5) is 15.8 Å². The van der Waals surface area contributed by atoms with Crippen LogP contribution in [-0.2, 0) is 4.79 Å². The first-order chi connectivity index (χ1) is 15.4. The Kier molecular flexibility index (Phi) is 6.01. The largest absolute Gasteiger partial charge is 0.507 e. The van der Waals surface area contributed by atoms with Crippen molar-refractivity contribution in [2.45, 2.75) is 26.0 Å². The molecule has 1 aliphatic heterocycles. The Morgan fingerprint density at radius 3 is 2.41 bits per heavy atom. The Morgan fingerprint density at radius 1 is 1.12 bits per heavy atom. The summed E-state index contributed by atoms with van der Waals surface area (Å²) in [5.41, 5.74) is 3.14. The fraction of sp³-hybridized carbons (Fsp3) is 0.240. The molecule has 1 heterocycles. The quantitative estimate of drug-likeness (QED) is 0.538. The number of hydrogen-bond acceptors (Lipinski definition) is 5. The van der Waals surface area contributed by atoms with E-state index in [2.05, 4.69) is 5.32 Å². The highest BCUT2D eigenvalue weighted by molar-refractivity contribution is 5.91. The van der Waals surface area contributed by atoms with E-state index >= 15 is 0 Å². The Balaban J connectivity index is 1.70. The van der Waals surface area contributed by atoms with E-state index in [1.165, 1.54) is 20.1 Å². The number of hydrogen-bond donors (Lipinski definition) is 3. The maximum absolute atomic E-state index is 14.9. The Labute approximate surface area is 185 Å². The molecule has 1 aliphatic rings. The first kappa shape index (κ1) is 21.6. The summed E-state index contributed by atoms with van der Waals surface area (Å²) in [7, 11) is 1.50. The highest BCUT2D eigenvalue weighted by Crippen LogP contribution is 2.41. The number of benzene rings is 3. The maximum Gasteiger partial charge on any atom is 0.221 e. The van der Waals surface area contributed by atoms with Crippen molar-refractivity contribution in [2.75, 3.05) is 23.9 Å². The number of amides is 1. The van der Waals surface area contributed by atoms with Gasteiger partial charge in [-0.3, -0.25) is 4.79 Å². The predicted octanol–water partition coefficient (Wildman–Crippen LogP) is 4.75. The van der Waals surface area contributed by atoms with Gasteiger partial charge in [0.2, 0.25) is 5.91 Å². The van der Waals surface area contributed by atoms with Gasteiger partial charge < -0.3 is 25.2 Å². The van der Waals surface area contributed by atoms with Crippen molar-refractivity contribution in [3.05, 3.63) is 60.4 Å². The number of methoxy groups -OCH3 is 1. The lowest BCUT2D eigenvalue weighted by atomic mass is 9.96. The Hall–Kier alpha value is -3.58. The molecule has 1 unspecified atom stereocenters. The SMILES string of the molecule is COc1cc(-c2cccc(-c3ccc(N4CCCC4O)c(F)c3)c2O)ccc1NC(C)=O. The number of carbonyl (C=O) groups excluding carboxylic acids is 1. The van der Waals surface area contributed by atoms with E-state index in [9.17, 15) is 19.4 Å². The molecule has 0 spiro atoms. The minimum atomic E-state index is -0.678. The summed E-state index contributed by atoms with van der Waals surface area (Å²) in [5.74, 6) is -0.195. The number of nitrogens with one attached hydrogen (secondary N) is 1. The van der Waals surface area contributed by atoms with E-state index in [0.29, 0.717) is 52.3 Å². The highest BCUT2D eigenvalue weighted by atomic mass is 19.1. The molecule has 7 heteroatoms. The third kappa shape index (κ3) is 4.11. The molecule has 0 bridgehead atoms. The van der Waals surface area contributed by atoms with Gasteiger partial charge >= 0.3 is 0 Å². The second-order valence-electron chi connectivity index (χ2n) is 7.78. The highest BCUT2D eigenvalue weighted by Gasteiger charge is 2.25. The summed E-state index contributed by atoms with van der Waals surface area (Å²) >= 11 is 0. The molecule has 0 saturated carbocycles. The lowest BCUT2D eigenvalue weighted by Crippen LogP contribution is -2.29. The van der Waals surface area contributed by atoms with E-state index in [1.54, 1.807) is 53.4 Å². The molecule has 0 aliphatic carbocycles. The summed E-state index contributed by atoms with van der Waals surface area (Å²) < 4.78 is 20.3. The molecular weight excluding hydrogens is 411 g/mol. The number of halogens is 1. The third-order valence-corrected chi connectivity index (χ3v) is 5.65. The van der Waals surface area contributed by atoms with Crippen LogP contribution in [0.1, 0.15) is 19.8 Å². The smallest absolute Gasteiger partial charge is 0.221 e. The van der Waals surface area contributed by atoms with Gasteiger partial charge in [-0.25, -0.2) is 4.39 Å². The topological polar surface area (TPSA) is 82.0 Å². The molecule has 3 aromatic carbocycles. The molecule has 1 amide bonds. The van der Waals surface area contributed by atoms with Gasteiger partial charge in [-0.1, -0.05) is 30.3 Å². The molecule has 4 rings (SSSR count). The molecule has 166 valence electrons. The molecular formula is C25H25FN2O4. The number of aliphatic hydroxyl groups is 1. The van der Waals surface area contributed by atoms with Crippen LogP contribution >= 0.6 is 0 Å². The van der Waals surface area contributed by atoms with Crippen LogP contribution in [0.15, 0.2) is 54.6 Å².